The number of nitrogens with zero attached hydrogens (tertiary/aromatic N) is 2. The Morgan fingerprint density at radius 1 is 1.55 bits per heavy atom. The highest BCUT2D eigenvalue weighted by atomic mass is 16.3. The summed E-state index contributed by atoms with van der Waals surface area (Å²) < 4.78 is 3.83. The van der Waals surface area contributed by atoms with Gasteiger partial charge in [-0.05, 0) is 6.42 Å². The zero-order valence-electron chi connectivity index (χ0n) is 6.90. The maximum atomic E-state index is 8.73. The summed E-state index contributed by atoms with van der Waals surface area (Å²) in [5.41, 5.74) is 0. The van der Waals surface area contributed by atoms with Crippen LogP contribution in [0.1, 0.15) is 19.8 Å². The van der Waals surface area contributed by atoms with Crippen molar-refractivity contribution < 1.29 is 9.67 Å². The Bertz CT molecular complexity index is 208. The molecule has 1 aromatic heterocycles. The molecule has 3 nitrogen and oxygen atoms in total. The molecule has 62 valence electrons. The first-order valence-electron chi connectivity index (χ1n) is 4.02. The number of rotatable bonds is 4. The highest BCUT2D eigenvalue weighted by Gasteiger charge is 1.99. The molecular weight excluding hydrogens is 140 g/mol. The largest absolute Gasteiger partial charge is 0.358 e. The lowest BCUT2D eigenvalue weighted by molar-refractivity contribution is -0.729. The van der Waals surface area contributed by atoms with Crippen LogP contribution in [0.4, 0.5) is 0 Å². The molecule has 0 saturated carbocycles. The van der Waals surface area contributed by atoms with Gasteiger partial charge in [0.1, 0.15) is 12.4 Å². The highest BCUT2D eigenvalue weighted by Crippen LogP contribution is 1.92. The van der Waals surface area contributed by atoms with Crippen LogP contribution in [0, 0.1) is 0 Å². The summed E-state index contributed by atoms with van der Waals surface area (Å²) in [7, 11) is 0. The van der Waals surface area contributed by atoms with Gasteiger partial charge in [0.05, 0.1) is 6.54 Å². The van der Waals surface area contributed by atoms with E-state index < -0.39 is 0 Å². The fourth-order valence-electron chi connectivity index (χ4n) is 0.995. The molecule has 0 unspecified atom stereocenters. The molecule has 0 aliphatic heterocycles. The highest BCUT2D eigenvalue weighted by molar-refractivity contribution is 4.65. The molecule has 0 aliphatic carbocycles. The molecule has 0 spiro atoms. The van der Waals surface area contributed by atoms with E-state index in [1.165, 1.54) is 12.8 Å². The lowest BCUT2D eigenvalue weighted by Gasteiger charge is -1.91. The van der Waals surface area contributed by atoms with Crippen molar-refractivity contribution in [3.8, 4) is 0 Å². The lowest BCUT2D eigenvalue weighted by atomic mass is 10.3. The van der Waals surface area contributed by atoms with Crippen LogP contribution >= 0.6 is 0 Å². The van der Waals surface area contributed by atoms with Gasteiger partial charge in [-0.15, -0.1) is 0 Å². The van der Waals surface area contributed by atoms with E-state index in [-0.39, 0.29) is 6.73 Å². The van der Waals surface area contributed by atoms with E-state index >= 15 is 0 Å². The summed E-state index contributed by atoms with van der Waals surface area (Å²) in [6, 6.07) is 0. The maximum absolute atomic E-state index is 8.73. The van der Waals surface area contributed by atoms with Gasteiger partial charge in [-0.2, -0.15) is 0 Å². The molecule has 0 saturated heterocycles. The third kappa shape index (κ3) is 2.35. The predicted molar refractivity (Wildman–Crippen MR) is 41.8 cm³/mol. The zero-order valence-corrected chi connectivity index (χ0v) is 6.90. The Labute approximate surface area is 66.9 Å². The van der Waals surface area contributed by atoms with Crippen LogP contribution in [0.5, 0.6) is 0 Å². The van der Waals surface area contributed by atoms with Crippen LogP contribution < -0.4 is 4.57 Å². The summed E-state index contributed by atoms with van der Waals surface area (Å²) in [6.45, 7) is 3.28. The average molecular weight is 155 g/mol. The van der Waals surface area contributed by atoms with Gasteiger partial charge in [0.25, 0.3) is 0 Å². The molecule has 0 radical (unpaired) electrons. The van der Waals surface area contributed by atoms with Crippen LogP contribution in [0.2, 0.25) is 0 Å². The zero-order chi connectivity index (χ0) is 8.10. The summed E-state index contributed by atoms with van der Waals surface area (Å²) in [4.78, 5) is 0. The standard InChI is InChI=1S/C8H15N2O/c1-2-3-4-9-5-6-10(7-9)8-11/h5-7,11H,2-4,8H2,1H3/q+1. The Hall–Kier alpha value is -0.830. The van der Waals surface area contributed by atoms with E-state index in [1.54, 1.807) is 4.57 Å². The number of aryl methyl sites for hydroxylation is 1. The molecule has 1 N–H and O–H groups in total. The number of hydrogen-bond acceptors (Lipinski definition) is 1. The minimum absolute atomic E-state index is 0.0686. The van der Waals surface area contributed by atoms with Crippen molar-refractivity contribution in [3.63, 3.8) is 0 Å². The van der Waals surface area contributed by atoms with Crippen LogP contribution in [0.25, 0.3) is 0 Å². The van der Waals surface area contributed by atoms with Gasteiger partial charge in [-0.1, -0.05) is 13.3 Å². The third-order valence-corrected chi connectivity index (χ3v) is 1.68. The monoisotopic (exact) mass is 155 g/mol. The van der Waals surface area contributed by atoms with Gasteiger partial charge in [-0.25, -0.2) is 9.13 Å². The number of aliphatic hydroxyl groups excluding tert-OH is 1. The lowest BCUT2D eigenvalue weighted by Crippen LogP contribution is -2.30. The molecule has 0 amide bonds. The molecular formula is C8H15N2O+. The fraction of sp³-hybridized carbons (Fsp3) is 0.625. The summed E-state index contributed by atoms with van der Waals surface area (Å²) in [5.74, 6) is 0. The van der Waals surface area contributed by atoms with Gasteiger partial charge >= 0.3 is 0 Å². The predicted octanol–water partition coefficient (Wildman–Crippen LogP) is 0.526. The van der Waals surface area contributed by atoms with Crippen molar-refractivity contribution in [2.75, 3.05) is 0 Å². The first-order valence-corrected chi connectivity index (χ1v) is 4.02. The summed E-state index contributed by atoms with van der Waals surface area (Å²) in [5, 5.41) is 8.73. The number of unbranched alkanes of at least 4 members (excludes halogenated alkanes) is 1. The van der Waals surface area contributed by atoms with Crippen molar-refractivity contribution >= 4 is 0 Å². The molecule has 0 bridgehead atoms. The molecule has 0 aromatic carbocycles. The van der Waals surface area contributed by atoms with E-state index in [0.717, 1.165) is 6.54 Å². The SMILES string of the molecule is CCCCn1cc[n+](CO)c1. The Morgan fingerprint density at radius 3 is 2.91 bits per heavy atom. The van der Waals surface area contributed by atoms with Gasteiger partial charge in [0, 0.05) is 0 Å². The maximum Gasteiger partial charge on any atom is 0.245 e. The second-order valence-corrected chi connectivity index (χ2v) is 2.66. The van der Waals surface area contributed by atoms with Gasteiger partial charge in [-0.3, -0.25) is 0 Å². The van der Waals surface area contributed by atoms with Crippen molar-refractivity contribution in [2.45, 2.75) is 33.0 Å². The van der Waals surface area contributed by atoms with Gasteiger partial charge < -0.3 is 5.11 Å². The van der Waals surface area contributed by atoms with Crippen LogP contribution in [-0.2, 0) is 13.3 Å². The van der Waals surface area contributed by atoms with Crippen molar-refractivity contribution in [1.29, 1.82) is 0 Å². The Balaban J connectivity index is 2.44. The van der Waals surface area contributed by atoms with Crippen molar-refractivity contribution in [2.24, 2.45) is 0 Å². The fourth-order valence-corrected chi connectivity index (χ4v) is 0.995. The van der Waals surface area contributed by atoms with Crippen LogP contribution in [0.15, 0.2) is 18.7 Å². The first kappa shape index (κ1) is 8.27. The smallest absolute Gasteiger partial charge is 0.245 e. The molecule has 0 fully saturated rings. The molecule has 1 heterocycles. The molecule has 3 heteroatoms. The molecule has 1 rings (SSSR count). The van der Waals surface area contributed by atoms with E-state index in [4.69, 9.17) is 5.11 Å². The Morgan fingerprint density at radius 2 is 2.36 bits per heavy atom. The number of aliphatic hydroxyl groups is 1. The Kier molecular flexibility index (Phi) is 3.11. The topological polar surface area (TPSA) is 29.0 Å². The summed E-state index contributed by atoms with van der Waals surface area (Å²) in [6.07, 6.45) is 8.16. The van der Waals surface area contributed by atoms with E-state index in [9.17, 15) is 0 Å². The number of imidazole rings is 1. The quantitative estimate of drug-likeness (QED) is 0.631. The molecule has 0 aliphatic rings. The van der Waals surface area contributed by atoms with E-state index in [0.29, 0.717) is 0 Å². The third-order valence-electron chi connectivity index (χ3n) is 1.68. The minimum Gasteiger partial charge on any atom is -0.358 e. The van der Waals surface area contributed by atoms with Gasteiger partial charge in [0.15, 0.2) is 6.73 Å². The van der Waals surface area contributed by atoms with Gasteiger partial charge in [0.2, 0.25) is 6.33 Å². The molecule has 0 atom stereocenters. The number of aromatic nitrogens is 2. The average Bonchev–Trinajstić information content (AvgIpc) is 2.48. The normalized spacial score (nSPS) is 10.4. The first-order chi connectivity index (χ1) is 5.36. The van der Waals surface area contributed by atoms with Crippen molar-refractivity contribution in [3.05, 3.63) is 18.7 Å². The minimum atomic E-state index is 0.0686. The molecule has 11 heavy (non-hydrogen) atoms. The van der Waals surface area contributed by atoms with E-state index in [2.05, 4.69) is 11.5 Å². The van der Waals surface area contributed by atoms with Crippen LogP contribution in [0.3, 0.4) is 0 Å². The number of hydrogen-bond donors (Lipinski definition) is 1. The summed E-state index contributed by atoms with van der Waals surface area (Å²) >= 11 is 0. The second kappa shape index (κ2) is 4.13. The van der Waals surface area contributed by atoms with Crippen LogP contribution in [-0.4, -0.2) is 9.67 Å². The van der Waals surface area contributed by atoms with E-state index in [1.807, 2.05) is 18.7 Å². The second-order valence-electron chi connectivity index (χ2n) is 2.66. The van der Waals surface area contributed by atoms with Crippen molar-refractivity contribution in [1.82, 2.24) is 4.57 Å². The molecule has 1 aromatic rings.